The molecule has 0 atom stereocenters. The Bertz CT molecular complexity index is 221. The first-order chi connectivity index (χ1) is 8.13. The summed E-state index contributed by atoms with van der Waals surface area (Å²) in [5.41, 5.74) is 0. The molecule has 0 saturated carbocycles. The Labute approximate surface area is 102 Å². The van der Waals surface area contributed by atoms with Gasteiger partial charge in [-0.25, -0.2) is 0 Å². The van der Waals surface area contributed by atoms with E-state index in [1.807, 2.05) is 13.8 Å². The van der Waals surface area contributed by atoms with Crippen LogP contribution >= 0.6 is 0 Å². The molecule has 0 N–H and O–H groups in total. The zero-order valence-corrected chi connectivity index (χ0v) is 10.9. The molecule has 0 radical (unpaired) electrons. The van der Waals surface area contributed by atoms with E-state index in [2.05, 4.69) is 0 Å². The molecule has 0 spiro atoms. The van der Waals surface area contributed by atoms with Gasteiger partial charge in [0.2, 0.25) is 0 Å². The summed E-state index contributed by atoms with van der Waals surface area (Å²) in [6.07, 6.45) is -0.0199. The summed E-state index contributed by atoms with van der Waals surface area (Å²) in [4.78, 5) is 22.6. The topological polar surface area (TPSA) is 61.8 Å². The van der Waals surface area contributed by atoms with E-state index in [9.17, 15) is 9.59 Å². The molecule has 0 amide bonds. The molecule has 0 heterocycles. The third-order valence-corrected chi connectivity index (χ3v) is 2.01. The number of hydrogen-bond acceptors (Lipinski definition) is 5. The van der Waals surface area contributed by atoms with E-state index in [-0.39, 0.29) is 31.0 Å². The van der Waals surface area contributed by atoms with Crippen molar-refractivity contribution in [2.45, 2.75) is 46.3 Å². The number of Topliss-reactive ketones (excluding diaryl/α,β-unsaturated/α-hetero) is 1. The highest BCUT2D eigenvalue weighted by atomic mass is 16.7. The second kappa shape index (κ2) is 10.2. The predicted octanol–water partition coefficient (Wildman–Crippen LogP) is 1.69. The molecule has 100 valence electrons. The van der Waals surface area contributed by atoms with Crippen LogP contribution in [0.5, 0.6) is 0 Å². The zero-order valence-electron chi connectivity index (χ0n) is 10.9. The van der Waals surface area contributed by atoms with Crippen LogP contribution in [0.4, 0.5) is 0 Å². The van der Waals surface area contributed by atoms with Crippen molar-refractivity contribution in [3.8, 4) is 0 Å². The van der Waals surface area contributed by atoms with E-state index < -0.39 is 6.29 Å². The zero-order chi connectivity index (χ0) is 13.1. The second-order valence-electron chi connectivity index (χ2n) is 3.39. The van der Waals surface area contributed by atoms with Crippen molar-refractivity contribution < 1.29 is 23.8 Å². The molecule has 5 heteroatoms. The van der Waals surface area contributed by atoms with Crippen LogP contribution in [0, 0.1) is 0 Å². The molecule has 0 fully saturated rings. The fraction of sp³-hybridized carbons (Fsp3) is 0.833. The van der Waals surface area contributed by atoms with Gasteiger partial charge in [0.15, 0.2) is 6.29 Å². The number of rotatable bonds is 10. The van der Waals surface area contributed by atoms with Crippen molar-refractivity contribution in [2.24, 2.45) is 0 Å². The number of carbonyl (C=O) groups is 2. The third-order valence-electron chi connectivity index (χ3n) is 2.01. The van der Waals surface area contributed by atoms with E-state index in [1.165, 1.54) is 0 Å². The van der Waals surface area contributed by atoms with Gasteiger partial charge in [-0.05, 0) is 20.8 Å². The van der Waals surface area contributed by atoms with Crippen LogP contribution < -0.4 is 0 Å². The van der Waals surface area contributed by atoms with Crippen molar-refractivity contribution >= 4 is 11.8 Å². The molecular formula is C12H22O5. The minimum atomic E-state index is -0.500. The van der Waals surface area contributed by atoms with Gasteiger partial charge >= 0.3 is 5.97 Å². The van der Waals surface area contributed by atoms with Crippen LogP contribution in [0.1, 0.15) is 40.0 Å². The van der Waals surface area contributed by atoms with Gasteiger partial charge in [0.05, 0.1) is 19.4 Å². The summed E-state index contributed by atoms with van der Waals surface area (Å²) in [5, 5.41) is 0. The Morgan fingerprint density at radius 2 is 1.53 bits per heavy atom. The van der Waals surface area contributed by atoms with E-state index in [0.29, 0.717) is 19.8 Å². The average molecular weight is 246 g/mol. The van der Waals surface area contributed by atoms with E-state index in [1.54, 1.807) is 6.92 Å². The van der Waals surface area contributed by atoms with Crippen molar-refractivity contribution in [2.75, 3.05) is 19.8 Å². The Hall–Kier alpha value is -0.940. The maximum atomic E-state index is 11.5. The summed E-state index contributed by atoms with van der Waals surface area (Å²) < 4.78 is 15.2. The molecule has 0 saturated heterocycles. The largest absolute Gasteiger partial charge is 0.466 e. The minimum Gasteiger partial charge on any atom is -0.466 e. The lowest BCUT2D eigenvalue weighted by atomic mass is 10.1. The van der Waals surface area contributed by atoms with Crippen LogP contribution in [-0.2, 0) is 23.8 Å². The molecule has 0 aliphatic carbocycles. The maximum absolute atomic E-state index is 11.5. The fourth-order valence-corrected chi connectivity index (χ4v) is 1.30. The molecule has 0 aromatic rings. The molecule has 0 unspecified atom stereocenters. The lowest BCUT2D eigenvalue weighted by Gasteiger charge is -2.15. The SMILES string of the molecule is CCOC(=O)CCC(=O)CC(OCC)OCC. The monoisotopic (exact) mass is 246 g/mol. The van der Waals surface area contributed by atoms with Gasteiger partial charge in [0, 0.05) is 19.6 Å². The van der Waals surface area contributed by atoms with Gasteiger partial charge in [-0.1, -0.05) is 0 Å². The third kappa shape index (κ3) is 8.83. The van der Waals surface area contributed by atoms with Gasteiger partial charge in [0.1, 0.15) is 5.78 Å². The van der Waals surface area contributed by atoms with Crippen molar-refractivity contribution in [3.05, 3.63) is 0 Å². The number of carbonyl (C=O) groups excluding carboxylic acids is 2. The van der Waals surface area contributed by atoms with Gasteiger partial charge in [0.25, 0.3) is 0 Å². The minimum absolute atomic E-state index is 0.0510. The highest BCUT2D eigenvalue weighted by molar-refractivity contribution is 5.83. The molecule has 17 heavy (non-hydrogen) atoms. The standard InChI is InChI=1S/C12H22O5/c1-4-15-11(14)8-7-10(13)9-12(16-5-2)17-6-3/h12H,4-9H2,1-3H3. The Morgan fingerprint density at radius 1 is 0.941 bits per heavy atom. The molecule has 0 aliphatic rings. The van der Waals surface area contributed by atoms with Gasteiger partial charge in [-0.3, -0.25) is 9.59 Å². The normalized spacial score (nSPS) is 10.6. The van der Waals surface area contributed by atoms with Crippen molar-refractivity contribution in [1.29, 1.82) is 0 Å². The van der Waals surface area contributed by atoms with Crippen LogP contribution in [0.25, 0.3) is 0 Å². The van der Waals surface area contributed by atoms with Crippen molar-refractivity contribution in [1.82, 2.24) is 0 Å². The molecule has 0 aliphatic heterocycles. The lowest BCUT2D eigenvalue weighted by molar-refractivity contribution is -0.154. The number of ether oxygens (including phenoxy) is 3. The predicted molar refractivity (Wildman–Crippen MR) is 62.5 cm³/mol. The molecule has 5 nitrogen and oxygen atoms in total. The summed E-state index contributed by atoms with van der Waals surface area (Å²) in [7, 11) is 0. The van der Waals surface area contributed by atoms with E-state index in [4.69, 9.17) is 14.2 Å². The van der Waals surface area contributed by atoms with Crippen LogP contribution in [0.15, 0.2) is 0 Å². The Morgan fingerprint density at radius 3 is 2.00 bits per heavy atom. The van der Waals surface area contributed by atoms with Gasteiger partial charge in [-0.15, -0.1) is 0 Å². The van der Waals surface area contributed by atoms with Crippen molar-refractivity contribution in [3.63, 3.8) is 0 Å². The second-order valence-corrected chi connectivity index (χ2v) is 3.39. The molecule has 0 aromatic carbocycles. The summed E-state index contributed by atoms with van der Waals surface area (Å²) >= 11 is 0. The first-order valence-corrected chi connectivity index (χ1v) is 6.04. The lowest BCUT2D eigenvalue weighted by Crippen LogP contribution is -2.22. The van der Waals surface area contributed by atoms with Crippen LogP contribution in [0.2, 0.25) is 0 Å². The molecule has 0 aromatic heterocycles. The first-order valence-electron chi connectivity index (χ1n) is 6.04. The van der Waals surface area contributed by atoms with E-state index in [0.717, 1.165) is 0 Å². The van der Waals surface area contributed by atoms with Gasteiger partial charge in [-0.2, -0.15) is 0 Å². The van der Waals surface area contributed by atoms with Crippen LogP contribution in [-0.4, -0.2) is 37.9 Å². The summed E-state index contributed by atoms with van der Waals surface area (Å²) in [6.45, 7) is 6.75. The summed E-state index contributed by atoms with van der Waals surface area (Å²) in [5.74, 6) is -0.393. The first kappa shape index (κ1) is 16.1. The Balaban J connectivity index is 3.84. The maximum Gasteiger partial charge on any atom is 0.306 e. The number of ketones is 1. The van der Waals surface area contributed by atoms with E-state index >= 15 is 0 Å². The highest BCUT2D eigenvalue weighted by Gasteiger charge is 2.15. The molecular weight excluding hydrogens is 224 g/mol. The average Bonchev–Trinajstić information content (AvgIpc) is 2.27. The number of hydrogen-bond donors (Lipinski definition) is 0. The fourth-order valence-electron chi connectivity index (χ4n) is 1.30. The summed E-state index contributed by atoms with van der Waals surface area (Å²) in [6, 6.07) is 0. The number of esters is 1. The molecule has 0 bridgehead atoms. The van der Waals surface area contributed by atoms with Gasteiger partial charge < -0.3 is 14.2 Å². The van der Waals surface area contributed by atoms with Crippen LogP contribution in [0.3, 0.4) is 0 Å². The molecule has 0 rings (SSSR count). The highest BCUT2D eigenvalue weighted by Crippen LogP contribution is 2.06. The Kier molecular flexibility index (Phi) is 9.66. The quantitative estimate of drug-likeness (QED) is 0.433. The smallest absolute Gasteiger partial charge is 0.306 e.